The third kappa shape index (κ3) is 5.15. The van der Waals surface area contributed by atoms with Crippen molar-refractivity contribution in [1.82, 2.24) is 4.90 Å². The van der Waals surface area contributed by atoms with Gasteiger partial charge in [0, 0.05) is 31.9 Å². The summed E-state index contributed by atoms with van der Waals surface area (Å²) in [6.07, 6.45) is 0.0742. The number of aromatic hydroxyl groups is 2. The summed E-state index contributed by atoms with van der Waals surface area (Å²) in [7, 11) is 1.33. The lowest BCUT2D eigenvalue weighted by atomic mass is 9.95. The summed E-state index contributed by atoms with van der Waals surface area (Å²) in [4.78, 5) is 18.1. The number of thioether (sulfide) groups is 1. The van der Waals surface area contributed by atoms with Crippen molar-refractivity contribution >= 4 is 23.4 Å². The summed E-state index contributed by atoms with van der Waals surface area (Å²) in [5.41, 5.74) is 1.09. The molecule has 2 atom stereocenters. The molecule has 0 aromatic heterocycles. The summed E-state index contributed by atoms with van der Waals surface area (Å²) < 4.78 is 9.60. The Bertz CT molecular complexity index is 964. The molecule has 2 aliphatic heterocycles. The van der Waals surface area contributed by atoms with E-state index in [0.29, 0.717) is 23.5 Å². The first kappa shape index (κ1) is 23.5. The number of rotatable bonds is 6. The topological polar surface area (TPSA) is 103 Å². The van der Waals surface area contributed by atoms with Crippen molar-refractivity contribution < 1.29 is 29.6 Å². The smallest absolute Gasteiger partial charge is 0.325 e. The largest absolute Gasteiger partial charge is 0.508 e. The van der Waals surface area contributed by atoms with Crippen LogP contribution in [0.3, 0.4) is 0 Å². The number of fused-ring (bicyclic) bond motifs is 1. The minimum Gasteiger partial charge on any atom is -0.508 e. The van der Waals surface area contributed by atoms with Gasteiger partial charge in [-0.1, -0.05) is 0 Å². The van der Waals surface area contributed by atoms with E-state index in [1.807, 2.05) is 12.1 Å². The van der Waals surface area contributed by atoms with Gasteiger partial charge in [-0.15, -0.1) is 11.8 Å². The number of phenolic OH excluding ortho intramolecular Hbond substituents is 2. The zero-order chi connectivity index (χ0) is 23.4. The van der Waals surface area contributed by atoms with Crippen LogP contribution >= 0.6 is 11.8 Å². The lowest BCUT2D eigenvalue weighted by molar-refractivity contribution is -0.147. The van der Waals surface area contributed by atoms with E-state index in [4.69, 9.17) is 9.47 Å². The highest BCUT2D eigenvalue weighted by atomic mass is 32.2. The van der Waals surface area contributed by atoms with Crippen LogP contribution in [0.5, 0.6) is 17.2 Å². The molecule has 2 aromatic carbocycles. The molecule has 0 spiro atoms. The maximum atomic E-state index is 12.9. The number of hydrogen-bond donors (Lipinski definition) is 3. The maximum Gasteiger partial charge on any atom is 0.325 e. The Balaban J connectivity index is 1.38. The highest BCUT2D eigenvalue weighted by molar-refractivity contribution is 8.01. The number of ether oxygens (including phenoxy) is 2. The van der Waals surface area contributed by atoms with E-state index >= 15 is 0 Å². The van der Waals surface area contributed by atoms with Crippen molar-refractivity contribution in [1.29, 1.82) is 0 Å². The standard InChI is InChI=1S/C24H30N2O6S/c1-31-23(30)24(22(29)16-32-20-8-7-19(28)15-21(20)33-24)9-2-10-25-11-13-26(14-12-25)17-3-5-18(27)6-4-17/h3-8,15,22,27-29H,2,9-14,16H2,1H3. The van der Waals surface area contributed by atoms with Gasteiger partial charge in [-0.05, 0) is 61.9 Å². The number of benzene rings is 2. The highest BCUT2D eigenvalue weighted by Crippen LogP contribution is 2.47. The fourth-order valence-corrected chi connectivity index (χ4v) is 5.81. The molecule has 2 aliphatic rings. The molecule has 8 nitrogen and oxygen atoms in total. The predicted octanol–water partition coefficient (Wildman–Crippen LogP) is 2.46. The van der Waals surface area contributed by atoms with Gasteiger partial charge < -0.3 is 29.7 Å². The second kappa shape index (κ2) is 10.1. The molecule has 0 radical (unpaired) electrons. The highest BCUT2D eigenvalue weighted by Gasteiger charge is 2.49. The predicted molar refractivity (Wildman–Crippen MR) is 126 cm³/mol. The number of phenols is 2. The Kier molecular flexibility index (Phi) is 7.21. The number of carbonyl (C=O) groups is 1. The molecule has 1 fully saturated rings. The number of nitrogens with zero attached hydrogens (tertiary/aromatic N) is 2. The fraction of sp³-hybridized carbons (Fsp3) is 0.458. The molecule has 3 N–H and O–H groups in total. The molecular formula is C24H30N2O6S. The third-order valence-corrected chi connectivity index (χ3v) is 7.84. The molecule has 2 aromatic rings. The molecule has 178 valence electrons. The number of aliphatic hydroxyl groups is 1. The Morgan fingerprint density at radius 2 is 1.82 bits per heavy atom. The molecule has 9 heteroatoms. The van der Waals surface area contributed by atoms with E-state index in [0.717, 1.165) is 38.4 Å². The van der Waals surface area contributed by atoms with E-state index in [9.17, 15) is 20.1 Å². The van der Waals surface area contributed by atoms with Crippen LogP contribution in [0.15, 0.2) is 47.4 Å². The summed E-state index contributed by atoms with van der Waals surface area (Å²) >= 11 is 1.21. The van der Waals surface area contributed by atoms with E-state index in [1.54, 1.807) is 24.3 Å². The number of esters is 1. The number of hydrogen-bond acceptors (Lipinski definition) is 9. The quantitative estimate of drug-likeness (QED) is 0.545. The Morgan fingerprint density at radius 3 is 2.52 bits per heavy atom. The van der Waals surface area contributed by atoms with E-state index in [1.165, 1.54) is 24.9 Å². The average Bonchev–Trinajstić information content (AvgIpc) is 2.96. The lowest BCUT2D eigenvalue weighted by Crippen LogP contribution is -2.50. The van der Waals surface area contributed by atoms with Gasteiger partial charge in [0.15, 0.2) is 0 Å². The van der Waals surface area contributed by atoms with Gasteiger partial charge in [-0.3, -0.25) is 9.69 Å². The second-order valence-corrected chi connectivity index (χ2v) is 9.76. The number of methoxy groups -OCH3 is 1. The van der Waals surface area contributed by atoms with Crippen LogP contribution in [0.4, 0.5) is 5.69 Å². The molecule has 0 bridgehead atoms. The Morgan fingerprint density at radius 1 is 1.12 bits per heavy atom. The van der Waals surface area contributed by atoms with Gasteiger partial charge in [0.25, 0.3) is 0 Å². The first-order valence-corrected chi connectivity index (χ1v) is 11.9. The first-order valence-electron chi connectivity index (χ1n) is 11.1. The van der Waals surface area contributed by atoms with Crippen molar-refractivity contribution in [3.05, 3.63) is 42.5 Å². The average molecular weight is 475 g/mol. The molecule has 0 aliphatic carbocycles. The van der Waals surface area contributed by atoms with Crippen LogP contribution in [-0.2, 0) is 9.53 Å². The molecule has 1 saturated heterocycles. The fourth-order valence-electron chi connectivity index (χ4n) is 4.39. The molecule has 2 heterocycles. The van der Waals surface area contributed by atoms with Gasteiger partial charge in [0.2, 0.25) is 0 Å². The minimum atomic E-state index is -1.21. The monoisotopic (exact) mass is 474 g/mol. The van der Waals surface area contributed by atoms with E-state index < -0.39 is 16.8 Å². The SMILES string of the molecule is COC(=O)C1(CCCN2CCN(c3ccc(O)cc3)CC2)Sc2cc(O)ccc2OCC1O. The van der Waals surface area contributed by atoms with E-state index in [-0.39, 0.29) is 18.1 Å². The van der Waals surface area contributed by atoms with E-state index in [2.05, 4.69) is 9.80 Å². The van der Waals surface area contributed by atoms with Crippen molar-refractivity contribution in [3.63, 3.8) is 0 Å². The van der Waals surface area contributed by atoms with Crippen molar-refractivity contribution in [2.45, 2.75) is 28.6 Å². The number of piperazine rings is 1. The molecule has 2 unspecified atom stereocenters. The molecule has 0 amide bonds. The zero-order valence-corrected chi connectivity index (χ0v) is 19.5. The molecular weight excluding hydrogens is 444 g/mol. The van der Waals surface area contributed by atoms with Gasteiger partial charge in [0.05, 0.1) is 12.0 Å². The van der Waals surface area contributed by atoms with Crippen LogP contribution in [0, 0.1) is 0 Å². The Hall–Kier alpha value is -2.62. The minimum absolute atomic E-state index is 0.0226. The van der Waals surface area contributed by atoms with Gasteiger partial charge in [-0.2, -0.15) is 0 Å². The number of anilines is 1. The summed E-state index contributed by atoms with van der Waals surface area (Å²) in [6, 6.07) is 12.0. The van der Waals surface area contributed by atoms with Crippen molar-refractivity contribution in [3.8, 4) is 17.2 Å². The van der Waals surface area contributed by atoms with Gasteiger partial charge in [-0.25, -0.2) is 0 Å². The summed E-state index contributed by atoms with van der Waals surface area (Å²) in [6.45, 7) is 4.31. The Labute approximate surface area is 197 Å². The van der Waals surface area contributed by atoms with Crippen molar-refractivity contribution in [2.75, 3.05) is 51.3 Å². The van der Waals surface area contributed by atoms with Crippen LogP contribution in [0.25, 0.3) is 0 Å². The maximum absolute atomic E-state index is 12.9. The number of aliphatic hydroxyl groups excluding tert-OH is 1. The number of carbonyl (C=O) groups excluding carboxylic acids is 1. The first-order chi connectivity index (χ1) is 15.9. The van der Waals surface area contributed by atoms with Crippen LogP contribution in [0.1, 0.15) is 12.8 Å². The van der Waals surface area contributed by atoms with Gasteiger partial charge >= 0.3 is 5.97 Å². The zero-order valence-electron chi connectivity index (χ0n) is 18.6. The molecule has 0 saturated carbocycles. The molecule has 33 heavy (non-hydrogen) atoms. The second-order valence-electron chi connectivity index (χ2n) is 8.39. The van der Waals surface area contributed by atoms with Gasteiger partial charge in [0.1, 0.15) is 34.7 Å². The van der Waals surface area contributed by atoms with Crippen LogP contribution in [0.2, 0.25) is 0 Å². The lowest BCUT2D eigenvalue weighted by Gasteiger charge is -2.37. The summed E-state index contributed by atoms with van der Waals surface area (Å²) in [5.74, 6) is 0.384. The summed E-state index contributed by atoms with van der Waals surface area (Å²) in [5, 5.41) is 30.3. The third-order valence-electron chi connectivity index (χ3n) is 6.29. The normalized spacial score (nSPS) is 23.3. The van der Waals surface area contributed by atoms with Crippen molar-refractivity contribution in [2.24, 2.45) is 0 Å². The molecule has 4 rings (SSSR count). The van der Waals surface area contributed by atoms with Crippen LogP contribution < -0.4 is 9.64 Å². The van der Waals surface area contributed by atoms with Crippen LogP contribution in [-0.4, -0.2) is 83.5 Å².